The largest absolute Gasteiger partial charge is 0.480 e. The van der Waals surface area contributed by atoms with Crippen LogP contribution in [0.5, 0.6) is 0 Å². The van der Waals surface area contributed by atoms with Gasteiger partial charge >= 0.3 is 5.97 Å². The molecule has 1 amide bonds. The van der Waals surface area contributed by atoms with E-state index in [4.69, 9.17) is 5.11 Å². The predicted octanol–water partition coefficient (Wildman–Crippen LogP) is 1.52. The second kappa shape index (κ2) is 5.43. The van der Waals surface area contributed by atoms with Crippen molar-refractivity contribution in [2.24, 2.45) is 0 Å². The van der Waals surface area contributed by atoms with E-state index in [0.717, 1.165) is 0 Å². The van der Waals surface area contributed by atoms with Crippen LogP contribution < -0.4 is 5.32 Å². The molecule has 1 aromatic rings. The minimum absolute atomic E-state index is 0.423. The number of rotatable bonds is 4. The van der Waals surface area contributed by atoms with E-state index in [1.54, 1.807) is 13.0 Å². The molecule has 0 spiro atoms. The monoisotopic (exact) mass is 239 g/mol. The van der Waals surface area contributed by atoms with E-state index >= 15 is 0 Å². The van der Waals surface area contributed by atoms with Gasteiger partial charge in [0.05, 0.1) is 5.92 Å². The van der Waals surface area contributed by atoms with Gasteiger partial charge in [0, 0.05) is 0 Å². The number of halogens is 1. The topological polar surface area (TPSA) is 66.4 Å². The average molecular weight is 239 g/mol. The van der Waals surface area contributed by atoms with Crippen molar-refractivity contribution in [3.63, 3.8) is 0 Å². The molecule has 4 nitrogen and oxygen atoms in total. The van der Waals surface area contributed by atoms with Crippen molar-refractivity contribution in [3.8, 4) is 0 Å². The molecule has 0 bridgehead atoms. The normalized spacial score (nSPS) is 13.8. The predicted molar refractivity (Wildman–Crippen MR) is 60.1 cm³/mol. The summed E-state index contributed by atoms with van der Waals surface area (Å²) < 4.78 is 13.0. The molecule has 1 unspecified atom stereocenters. The Bertz CT molecular complexity index is 434. The zero-order chi connectivity index (χ0) is 13.0. The maximum atomic E-state index is 13.0. The molecule has 1 rings (SSSR count). The van der Waals surface area contributed by atoms with Crippen LogP contribution in [0.2, 0.25) is 0 Å². The Morgan fingerprint density at radius 2 is 2.00 bits per heavy atom. The third-order valence-electron chi connectivity index (χ3n) is 2.47. The molecule has 2 N–H and O–H groups in total. The number of carboxylic acids is 1. The summed E-state index contributed by atoms with van der Waals surface area (Å²) >= 11 is 0. The number of carboxylic acid groups (broad SMARTS) is 1. The summed E-state index contributed by atoms with van der Waals surface area (Å²) in [5.41, 5.74) is 0.514. The van der Waals surface area contributed by atoms with Gasteiger partial charge in [0.2, 0.25) is 5.91 Å². The molecule has 0 fully saturated rings. The molecule has 5 heteroatoms. The summed E-state index contributed by atoms with van der Waals surface area (Å²) in [4.78, 5) is 22.2. The highest BCUT2D eigenvalue weighted by Crippen LogP contribution is 2.16. The Labute approximate surface area is 98.5 Å². The van der Waals surface area contributed by atoms with Crippen LogP contribution in [0.1, 0.15) is 25.3 Å². The van der Waals surface area contributed by atoms with Crippen molar-refractivity contribution in [2.45, 2.75) is 25.8 Å². The van der Waals surface area contributed by atoms with Crippen LogP contribution in [-0.2, 0) is 9.59 Å². The third kappa shape index (κ3) is 3.55. The molecular weight excluding hydrogens is 225 g/mol. The van der Waals surface area contributed by atoms with Crippen molar-refractivity contribution >= 4 is 11.9 Å². The lowest BCUT2D eigenvalue weighted by Crippen LogP contribution is -2.40. The first-order valence-corrected chi connectivity index (χ1v) is 5.20. The standard InChI is InChI=1S/C12H14FNO3/c1-7(9-4-3-5-10(13)6-9)11(15)14-8(2)12(16)17/h3-8H,1-2H3,(H,14,15)(H,16,17)/t7?,8-/m0/s1. The first kappa shape index (κ1) is 13.2. The van der Waals surface area contributed by atoms with Crippen molar-refractivity contribution < 1.29 is 19.1 Å². The highest BCUT2D eigenvalue weighted by Gasteiger charge is 2.20. The maximum Gasteiger partial charge on any atom is 0.325 e. The summed E-state index contributed by atoms with van der Waals surface area (Å²) in [6.07, 6.45) is 0. The van der Waals surface area contributed by atoms with Crippen LogP contribution in [0, 0.1) is 5.82 Å². The highest BCUT2D eigenvalue weighted by molar-refractivity contribution is 5.87. The molecule has 0 aliphatic carbocycles. The Balaban J connectivity index is 2.73. The average Bonchev–Trinajstić information content (AvgIpc) is 2.27. The summed E-state index contributed by atoms with van der Waals surface area (Å²) in [7, 11) is 0. The zero-order valence-electron chi connectivity index (χ0n) is 9.61. The fourth-order valence-corrected chi connectivity index (χ4v) is 1.33. The van der Waals surface area contributed by atoms with E-state index in [2.05, 4.69) is 5.32 Å². The van der Waals surface area contributed by atoms with Crippen molar-refractivity contribution in [3.05, 3.63) is 35.6 Å². The van der Waals surface area contributed by atoms with Gasteiger partial charge in [-0.3, -0.25) is 9.59 Å². The number of hydrogen-bond acceptors (Lipinski definition) is 2. The summed E-state index contributed by atoms with van der Waals surface area (Å²) in [6.45, 7) is 2.97. The van der Waals surface area contributed by atoms with Gasteiger partial charge < -0.3 is 10.4 Å². The molecule has 0 aromatic heterocycles. The van der Waals surface area contributed by atoms with Gasteiger partial charge in [-0.05, 0) is 31.5 Å². The molecule has 2 atom stereocenters. The summed E-state index contributed by atoms with van der Waals surface area (Å²) in [5.74, 6) is -2.56. The molecule has 0 aliphatic rings. The quantitative estimate of drug-likeness (QED) is 0.837. The molecular formula is C12H14FNO3. The SMILES string of the molecule is CC(C(=O)N[C@@H](C)C(=O)O)c1cccc(F)c1. The van der Waals surface area contributed by atoms with Gasteiger partial charge in [-0.1, -0.05) is 12.1 Å². The van der Waals surface area contributed by atoms with Gasteiger partial charge in [-0.2, -0.15) is 0 Å². The van der Waals surface area contributed by atoms with Gasteiger partial charge in [-0.25, -0.2) is 4.39 Å². The molecule has 92 valence electrons. The zero-order valence-corrected chi connectivity index (χ0v) is 9.61. The molecule has 1 aromatic carbocycles. The van der Waals surface area contributed by atoms with E-state index in [1.807, 2.05) is 0 Å². The number of aliphatic carboxylic acids is 1. The van der Waals surface area contributed by atoms with Crippen LogP contribution in [0.3, 0.4) is 0 Å². The number of hydrogen-bond donors (Lipinski definition) is 2. The molecule has 0 radical (unpaired) electrons. The second-order valence-corrected chi connectivity index (χ2v) is 3.85. The number of benzene rings is 1. The van der Waals surface area contributed by atoms with Gasteiger partial charge in [0.25, 0.3) is 0 Å². The minimum atomic E-state index is -1.11. The van der Waals surface area contributed by atoms with Gasteiger partial charge in [-0.15, -0.1) is 0 Å². The molecule has 17 heavy (non-hydrogen) atoms. The highest BCUT2D eigenvalue weighted by atomic mass is 19.1. The van der Waals surface area contributed by atoms with E-state index in [9.17, 15) is 14.0 Å². The molecule has 0 saturated carbocycles. The summed E-state index contributed by atoms with van der Waals surface area (Å²) in [6, 6.07) is 4.72. The second-order valence-electron chi connectivity index (χ2n) is 3.85. The molecule has 0 aliphatic heterocycles. The molecule has 0 saturated heterocycles. The number of carbonyl (C=O) groups is 2. The lowest BCUT2D eigenvalue weighted by molar-refractivity contribution is -0.141. The van der Waals surface area contributed by atoms with E-state index < -0.39 is 29.7 Å². The number of carbonyl (C=O) groups excluding carboxylic acids is 1. The van der Waals surface area contributed by atoms with Gasteiger partial charge in [0.15, 0.2) is 0 Å². The number of nitrogens with one attached hydrogen (secondary N) is 1. The Morgan fingerprint density at radius 3 is 2.53 bits per heavy atom. The van der Waals surface area contributed by atoms with Crippen LogP contribution in [0.15, 0.2) is 24.3 Å². The lowest BCUT2D eigenvalue weighted by atomic mass is 10.00. The summed E-state index contributed by atoms with van der Waals surface area (Å²) in [5, 5.41) is 11.0. The van der Waals surface area contributed by atoms with Gasteiger partial charge in [0.1, 0.15) is 11.9 Å². The smallest absolute Gasteiger partial charge is 0.325 e. The first-order valence-electron chi connectivity index (χ1n) is 5.20. The van der Waals surface area contributed by atoms with E-state index in [0.29, 0.717) is 5.56 Å². The molecule has 0 heterocycles. The van der Waals surface area contributed by atoms with Crippen molar-refractivity contribution in [1.82, 2.24) is 5.32 Å². The van der Waals surface area contributed by atoms with E-state index in [1.165, 1.54) is 25.1 Å². The number of amides is 1. The first-order chi connectivity index (χ1) is 7.91. The fraction of sp³-hybridized carbons (Fsp3) is 0.333. The lowest BCUT2D eigenvalue weighted by Gasteiger charge is -2.15. The van der Waals surface area contributed by atoms with Crippen LogP contribution in [0.25, 0.3) is 0 Å². The minimum Gasteiger partial charge on any atom is -0.480 e. The van der Waals surface area contributed by atoms with Crippen LogP contribution in [0.4, 0.5) is 4.39 Å². The maximum absolute atomic E-state index is 13.0. The van der Waals surface area contributed by atoms with Crippen molar-refractivity contribution in [1.29, 1.82) is 0 Å². The Hall–Kier alpha value is -1.91. The fourth-order valence-electron chi connectivity index (χ4n) is 1.33. The Kier molecular flexibility index (Phi) is 4.20. The third-order valence-corrected chi connectivity index (χ3v) is 2.47. The van der Waals surface area contributed by atoms with E-state index in [-0.39, 0.29) is 0 Å². The van der Waals surface area contributed by atoms with Crippen LogP contribution in [-0.4, -0.2) is 23.0 Å². The van der Waals surface area contributed by atoms with Crippen molar-refractivity contribution in [2.75, 3.05) is 0 Å². The Morgan fingerprint density at radius 1 is 1.35 bits per heavy atom. The van der Waals surface area contributed by atoms with Crippen LogP contribution >= 0.6 is 0 Å².